The molecule has 0 aliphatic rings. The molecule has 144 valence electrons. The normalized spacial score (nSPS) is 10.5. The molecule has 3 rings (SSSR count). The van der Waals surface area contributed by atoms with Gasteiger partial charge in [-0.15, -0.1) is 0 Å². The molecule has 0 spiro atoms. The zero-order valence-electron chi connectivity index (χ0n) is 16.0. The number of hydrogen-bond donors (Lipinski definition) is 3. The number of rotatable bonds is 7. The number of amides is 1. The molecule has 1 aromatic heterocycles. The van der Waals surface area contributed by atoms with E-state index in [0.29, 0.717) is 12.4 Å². The molecule has 28 heavy (non-hydrogen) atoms. The first-order valence-electron chi connectivity index (χ1n) is 8.98. The average molecular weight is 376 g/mol. The highest BCUT2D eigenvalue weighted by atomic mass is 16.5. The number of aromatic nitrogens is 1. The zero-order valence-corrected chi connectivity index (χ0v) is 16.0. The summed E-state index contributed by atoms with van der Waals surface area (Å²) in [6.07, 6.45) is 0.220. The number of pyridine rings is 1. The number of aryl methyl sites for hydroxylation is 1. The van der Waals surface area contributed by atoms with Crippen LogP contribution < -0.4 is 21.5 Å². The van der Waals surface area contributed by atoms with Crippen molar-refractivity contribution in [3.8, 4) is 16.9 Å². The summed E-state index contributed by atoms with van der Waals surface area (Å²) in [5, 5.41) is 3.32. The second-order valence-electron chi connectivity index (χ2n) is 6.61. The van der Waals surface area contributed by atoms with Gasteiger partial charge in [-0.05, 0) is 47.9 Å². The van der Waals surface area contributed by atoms with Crippen LogP contribution in [0.2, 0.25) is 0 Å². The molecule has 3 aromatic rings. The van der Waals surface area contributed by atoms with E-state index in [4.69, 9.17) is 16.2 Å². The van der Waals surface area contributed by atoms with Crippen molar-refractivity contribution in [2.75, 3.05) is 18.2 Å². The second-order valence-corrected chi connectivity index (χ2v) is 6.61. The Morgan fingerprint density at radius 1 is 1.11 bits per heavy atom. The molecule has 0 bridgehead atoms. The van der Waals surface area contributed by atoms with Crippen molar-refractivity contribution >= 4 is 17.4 Å². The van der Waals surface area contributed by atoms with Crippen LogP contribution in [0.3, 0.4) is 0 Å². The van der Waals surface area contributed by atoms with Crippen LogP contribution in [0.15, 0.2) is 54.6 Å². The van der Waals surface area contributed by atoms with Gasteiger partial charge in [0.1, 0.15) is 11.6 Å². The lowest BCUT2D eigenvalue weighted by Crippen LogP contribution is -2.13. The zero-order chi connectivity index (χ0) is 20.1. The van der Waals surface area contributed by atoms with Crippen LogP contribution in [-0.2, 0) is 17.8 Å². The quantitative estimate of drug-likeness (QED) is 0.587. The fourth-order valence-electron chi connectivity index (χ4n) is 3.08. The largest absolute Gasteiger partial charge is 0.496 e. The number of anilines is 2. The summed E-state index contributed by atoms with van der Waals surface area (Å²) < 4.78 is 5.50. The molecular formula is C22H24N4O2. The third-order valence-corrected chi connectivity index (χ3v) is 4.45. The predicted molar refractivity (Wildman–Crippen MR) is 112 cm³/mol. The Labute approximate surface area is 164 Å². The average Bonchev–Trinajstić information content (AvgIpc) is 2.67. The van der Waals surface area contributed by atoms with Crippen LogP contribution >= 0.6 is 0 Å². The lowest BCUT2D eigenvalue weighted by molar-refractivity contribution is -0.117. The lowest BCUT2D eigenvalue weighted by Gasteiger charge is -2.14. The molecule has 6 nitrogen and oxygen atoms in total. The summed E-state index contributed by atoms with van der Waals surface area (Å²) in [7, 11) is 1.65. The highest BCUT2D eigenvalue weighted by Crippen LogP contribution is 2.28. The Kier molecular flexibility index (Phi) is 5.79. The minimum Gasteiger partial charge on any atom is -0.496 e. The number of nitrogen functional groups attached to an aromatic ring is 1. The first-order valence-corrected chi connectivity index (χ1v) is 8.98. The molecule has 0 saturated heterocycles. The highest BCUT2D eigenvalue weighted by Gasteiger charge is 2.09. The molecule has 0 saturated carbocycles. The molecule has 0 aliphatic heterocycles. The summed E-state index contributed by atoms with van der Waals surface area (Å²) in [5.74, 6) is 0.901. The number of ether oxygens (including phenoxy) is 1. The number of hydrogen-bond acceptors (Lipinski definition) is 5. The summed E-state index contributed by atoms with van der Waals surface area (Å²) in [4.78, 5) is 15.5. The van der Waals surface area contributed by atoms with Crippen molar-refractivity contribution in [3.63, 3.8) is 0 Å². The van der Waals surface area contributed by atoms with E-state index in [1.54, 1.807) is 7.11 Å². The van der Waals surface area contributed by atoms with Crippen molar-refractivity contribution in [2.45, 2.75) is 19.9 Å². The fourth-order valence-corrected chi connectivity index (χ4v) is 3.08. The molecule has 0 unspecified atom stereocenters. The van der Waals surface area contributed by atoms with Gasteiger partial charge in [0, 0.05) is 17.8 Å². The van der Waals surface area contributed by atoms with Crippen LogP contribution in [0.1, 0.15) is 16.8 Å². The molecule has 6 heteroatoms. The Morgan fingerprint density at radius 3 is 2.61 bits per heavy atom. The van der Waals surface area contributed by atoms with E-state index in [2.05, 4.69) is 16.4 Å². The van der Waals surface area contributed by atoms with Gasteiger partial charge in [0.25, 0.3) is 0 Å². The standard InChI is InChI=1S/C22H24N4O2/c1-14-6-8-19(22(24)26-14)25-13-18-12-17(7-9-20(18)28-2)16-5-3-4-15(10-16)11-21(23)27/h3-10,12,25H,11,13H2,1-2H3,(H2,23,27)(H2,24,26). The van der Waals surface area contributed by atoms with Crippen molar-refractivity contribution in [1.29, 1.82) is 0 Å². The molecule has 0 atom stereocenters. The van der Waals surface area contributed by atoms with Crippen LogP contribution in [0.5, 0.6) is 5.75 Å². The van der Waals surface area contributed by atoms with E-state index >= 15 is 0 Å². The molecule has 2 aromatic carbocycles. The van der Waals surface area contributed by atoms with E-state index in [1.165, 1.54) is 0 Å². The topological polar surface area (TPSA) is 103 Å². The number of benzene rings is 2. The summed E-state index contributed by atoms with van der Waals surface area (Å²) in [5.41, 5.74) is 16.9. The lowest BCUT2D eigenvalue weighted by atomic mass is 9.99. The smallest absolute Gasteiger partial charge is 0.221 e. The number of methoxy groups -OCH3 is 1. The minimum absolute atomic E-state index is 0.220. The van der Waals surface area contributed by atoms with Gasteiger partial charge in [-0.1, -0.05) is 30.3 Å². The SMILES string of the molecule is COc1ccc(-c2cccc(CC(N)=O)c2)cc1CNc1ccc(C)nc1N. The first-order chi connectivity index (χ1) is 13.5. The third kappa shape index (κ3) is 4.59. The van der Waals surface area contributed by atoms with Gasteiger partial charge in [0.05, 0.1) is 19.2 Å². The Bertz CT molecular complexity index is 1000. The summed E-state index contributed by atoms with van der Waals surface area (Å²) in [6.45, 7) is 2.44. The van der Waals surface area contributed by atoms with E-state index in [9.17, 15) is 4.79 Å². The summed E-state index contributed by atoms with van der Waals surface area (Å²) in [6, 6.07) is 17.6. The van der Waals surface area contributed by atoms with Gasteiger partial charge < -0.3 is 21.5 Å². The first kappa shape index (κ1) is 19.2. The van der Waals surface area contributed by atoms with Gasteiger partial charge in [-0.2, -0.15) is 0 Å². The van der Waals surface area contributed by atoms with E-state index < -0.39 is 0 Å². The molecule has 5 N–H and O–H groups in total. The Hall–Kier alpha value is -3.54. The number of carbonyl (C=O) groups is 1. The van der Waals surface area contributed by atoms with Crippen molar-refractivity contribution in [3.05, 3.63) is 71.4 Å². The van der Waals surface area contributed by atoms with Crippen LogP contribution in [-0.4, -0.2) is 18.0 Å². The van der Waals surface area contributed by atoms with E-state index in [0.717, 1.165) is 39.4 Å². The number of nitrogens with one attached hydrogen (secondary N) is 1. The maximum absolute atomic E-state index is 11.2. The van der Waals surface area contributed by atoms with Gasteiger partial charge in [0.2, 0.25) is 5.91 Å². The van der Waals surface area contributed by atoms with Crippen molar-refractivity contribution in [2.24, 2.45) is 5.73 Å². The molecule has 0 fully saturated rings. The van der Waals surface area contributed by atoms with Gasteiger partial charge in [0.15, 0.2) is 0 Å². The second kappa shape index (κ2) is 8.43. The van der Waals surface area contributed by atoms with Crippen LogP contribution in [0.4, 0.5) is 11.5 Å². The number of nitrogens with zero attached hydrogens (tertiary/aromatic N) is 1. The number of carbonyl (C=O) groups excluding carboxylic acids is 1. The minimum atomic E-state index is -0.346. The van der Waals surface area contributed by atoms with Gasteiger partial charge in [-0.25, -0.2) is 4.98 Å². The number of primary amides is 1. The molecule has 1 heterocycles. The fraction of sp³-hybridized carbons (Fsp3) is 0.182. The predicted octanol–water partition coefficient (Wildman–Crippen LogP) is 3.29. The number of nitrogens with two attached hydrogens (primary N) is 2. The van der Waals surface area contributed by atoms with E-state index in [-0.39, 0.29) is 12.3 Å². The van der Waals surface area contributed by atoms with E-state index in [1.807, 2.05) is 55.5 Å². The van der Waals surface area contributed by atoms with Crippen molar-refractivity contribution < 1.29 is 9.53 Å². The molecule has 1 amide bonds. The monoisotopic (exact) mass is 376 g/mol. The maximum atomic E-state index is 11.2. The molecule has 0 radical (unpaired) electrons. The summed E-state index contributed by atoms with van der Waals surface area (Å²) >= 11 is 0. The maximum Gasteiger partial charge on any atom is 0.221 e. The van der Waals surface area contributed by atoms with Gasteiger partial charge in [-0.3, -0.25) is 4.79 Å². The van der Waals surface area contributed by atoms with Crippen LogP contribution in [0, 0.1) is 6.92 Å². The highest BCUT2D eigenvalue weighted by molar-refractivity contribution is 5.77. The van der Waals surface area contributed by atoms with Crippen LogP contribution in [0.25, 0.3) is 11.1 Å². The Balaban J connectivity index is 1.86. The molecule has 0 aliphatic carbocycles. The van der Waals surface area contributed by atoms with Gasteiger partial charge >= 0.3 is 0 Å². The molecular weight excluding hydrogens is 352 g/mol. The third-order valence-electron chi connectivity index (χ3n) is 4.45. The Morgan fingerprint density at radius 2 is 1.89 bits per heavy atom. The van der Waals surface area contributed by atoms with Crippen molar-refractivity contribution in [1.82, 2.24) is 4.98 Å².